The molecule has 1 unspecified atom stereocenters. The van der Waals surface area contributed by atoms with Crippen molar-refractivity contribution in [3.63, 3.8) is 0 Å². The molecule has 1 aliphatic heterocycles. The summed E-state index contributed by atoms with van der Waals surface area (Å²) in [4.78, 5) is 9.63. The molecule has 7 heteroatoms. The molecule has 1 aliphatic rings. The lowest BCUT2D eigenvalue weighted by Gasteiger charge is -2.10. The summed E-state index contributed by atoms with van der Waals surface area (Å²) in [5, 5.41) is 0. The van der Waals surface area contributed by atoms with E-state index in [-0.39, 0.29) is 0 Å². The maximum Gasteiger partial charge on any atom is 0.419 e. The molecule has 0 aromatic carbocycles. The van der Waals surface area contributed by atoms with Crippen LogP contribution in [-0.2, 0) is 14.3 Å². The van der Waals surface area contributed by atoms with Crippen LogP contribution in [0.4, 0.5) is 17.6 Å². The minimum atomic E-state index is -3.95. The van der Waals surface area contributed by atoms with Crippen LogP contribution in [0.5, 0.6) is 0 Å². The topological polar surface area (TPSA) is 35.5 Å². The molecule has 1 atom stereocenters. The summed E-state index contributed by atoms with van der Waals surface area (Å²) in [5.41, 5.74) is 0. The Kier molecular flexibility index (Phi) is 1.64. The summed E-state index contributed by atoms with van der Waals surface area (Å²) >= 11 is 0. The molecule has 0 N–H and O–H groups in total. The average Bonchev–Trinajstić information content (AvgIpc) is 2.08. The smallest absolute Gasteiger partial charge is 0.306 e. The molecule has 0 bridgehead atoms. The molecule has 11 heavy (non-hydrogen) atoms. The number of halogens is 4. The maximum absolute atomic E-state index is 12.3. The summed E-state index contributed by atoms with van der Waals surface area (Å²) in [6.07, 6.45) is -3.95. The van der Waals surface area contributed by atoms with E-state index in [4.69, 9.17) is 0 Å². The van der Waals surface area contributed by atoms with Gasteiger partial charge in [-0.1, -0.05) is 0 Å². The SMILES string of the molecule is O=C(F)C1(F)OCC(F)(F)O1. The molecule has 1 fully saturated rings. The van der Waals surface area contributed by atoms with Gasteiger partial charge in [-0.3, -0.25) is 4.79 Å². The van der Waals surface area contributed by atoms with Gasteiger partial charge < -0.3 is 4.74 Å². The molecule has 64 valence electrons. The molecule has 1 saturated heterocycles. The van der Waals surface area contributed by atoms with Crippen LogP contribution in [0.25, 0.3) is 0 Å². The number of carbonyl (C=O) groups is 1. The minimum Gasteiger partial charge on any atom is -0.306 e. The predicted molar refractivity (Wildman–Crippen MR) is 21.9 cm³/mol. The molecule has 0 radical (unpaired) electrons. The lowest BCUT2D eigenvalue weighted by atomic mass is 10.6. The Balaban J connectivity index is 2.73. The van der Waals surface area contributed by atoms with E-state index in [1.807, 2.05) is 0 Å². The molecule has 0 aromatic heterocycles. The van der Waals surface area contributed by atoms with E-state index in [0.29, 0.717) is 0 Å². The third kappa shape index (κ3) is 1.48. The van der Waals surface area contributed by atoms with E-state index in [1.54, 1.807) is 0 Å². The van der Waals surface area contributed by atoms with Gasteiger partial charge in [0.15, 0.2) is 0 Å². The third-order valence-corrected chi connectivity index (χ3v) is 0.941. The fourth-order valence-electron chi connectivity index (χ4n) is 0.525. The van der Waals surface area contributed by atoms with Gasteiger partial charge in [0.2, 0.25) is 0 Å². The number of rotatable bonds is 1. The fourth-order valence-corrected chi connectivity index (χ4v) is 0.525. The zero-order valence-electron chi connectivity index (χ0n) is 4.94. The van der Waals surface area contributed by atoms with Crippen LogP contribution in [0, 0.1) is 0 Å². The van der Waals surface area contributed by atoms with Gasteiger partial charge in [-0.2, -0.15) is 17.6 Å². The highest BCUT2D eigenvalue weighted by molar-refractivity contribution is 5.74. The summed E-state index contributed by atoms with van der Waals surface area (Å²) in [6, 6.07) is -6.65. The molecule has 0 aliphatic carbocycles. The van der Waals surface area contributed by atoms with Crippen molar-refractivity contribution >= 4 is 6.04 Å². The van der Waals surface area contributed by atoms with E-state index in [2.05, 4.69) is 9.47 Å². The maximum atomic E-state index is 12.3. The Morgan fingerprint density at radius 3 is 2.09 bits per heavy atom. The number of carbonyl (C=O) groups excluding carboxylic acids is 1. The van der Waals surface area contributed by atoms with Crippen LogP contribution in [0.3, 0.4) is 0 Å². The van der Waals surface area contributed by atoms with Crippen molar-refractivity contribution in [3.8, 4) is 0 Å². The van der Waals surface area contributed by atoms with Gasteiger partial charge in [-0.25, -0.2) is 4.74 Å². The normalized spacial score (nSPS) is 35.6. The first-order valence-electron chi connectivity index (χ1n) is 2.46. The quantitative estimate of drug-likeness (QED) is 0.434. The van der Waals surface area contributed by atoms with Gasteiger partial charge in [0.25, 0.3) is 0 Å². The summed E-state index contributed by atoms with van der Waals surface area (Å²) in [6.45, 7) is -1.47. The first kappa shape index (κ1) is 8.41. The van der Waals surface area contributed by atoms with Crippen LogP contribution in [0.1, 0.15) is 0 Å². The monoisotopic (exact) mass is 174 g/mol. The highest BCUT2D eigenvalue weighted by atomic mass is 19.3. The van der Waals surface area contributed by atoms with Crippen LogP contribution in [-0.4, -0.2) is 24.8 Å². The first-order chi connectivity index (χ1) is 4.86. The first-order valence-corrected chi connectivity index (χ1v) is 2.46. The number of hydrogen-bond acceptors (Lipinski definition) is 3. The lowest BCUT2D eigenvalue weighted by Crippen LogP contribution is -2.33. The van der Waals surface area contributed by atoms with Gasteiger partial charge >= 0.3 is 18.2 Å². The lowest BCUT2D eigenvalue weighted by molar-refractivity contribution is -0.308. The van der Waals surface area contributed by atoms with E-state index in [0.717, 1.165) is 0 Å². The largest absolute Gasteiger partial charge is 0.419 e. The number of hydrogen-bond donors (Lipinski definition) is 0. The van der Waals surface area contributed by atoms with Crippen molar-refractivity contribution in [2.45, 2.75) is 12.1 Å². The van der Waals surface area contributed by atoms with Gasteiger partial charge in [-0.05, 0) is 0 Å². The molecule has 0 amide bonds. The number of ether oxygens (including phenoxy) is 2. The van der Waals surface area contributed by atoms with E-state index in [1.165, 1.54) is 0 Å². The van der Waals surface area contributed by atoms with Crippen LogP contribution in [0.2, 0.25) is 0 Å². The summed E-state index contributed by atoms with van der Waals surface area (Å²) in [7, 11) is 0. The Morgan fingerprint density at radius 1 is 1.36 bits per heavy atom. The van der Waals surface area contributed by atoms with E-state index >= 15 is 0 Å². The zero-order chi connectivity index (χ0) is 8.70. The van der Waals surface area contributed by atoms with Crippen LogP contribution < -0.4 is 0 Å². The fraction of sp³-hybridized carbons (Fsp3) is 0.750. The highest BCUT2D eigenvalue weighted by Gasteiger charge is 2.58. The second kappa shape index (κ2) is 2.15. The van der Waals surface area contributed by atoms with Crippen LogP contribution in [0.15, 0.2) is 0 Å². The van der Waals surface area contributed by atoms with Gasteiger partial charge in [0.05, 0.1) is 0 Å². The van der Waals surface area contributed by atoms with Crippen molar-refractivity contribution in [2.75, 3.05) is 6.61 Å². The molecule has 1 heterocycles. The molecular weight excluding hydrogens is 172 g/mol. The minimum absolute atomic E-state index is 1.47. The standard InChI is InChI=1S/C4H2F4O3/c5-2(9)4(8)10-1-3(6,7)11-4/h1H2. The summed E-state index contributed by atoms with van der Waals surface area (Å²) < 4.78 is 54.1. The molecule has 3 nitrogen and oxygen atoms in total. The highest BCUT2D eigenvalue weighted by Crippen LogP contribution is 2.35. The Labute approximate surface area is 57.9 Å². The second-order valence-electron chi connectivity index (χ2n) is 1.84. The average molecular weight is 174 g/mol. The van der Waals surface area contributed by atoms with Crippen molar-refractivity contribution in [1.29, 1.82) is 0 Å². The number of alkyl halides is 3. The molecule has 0 spiro atoms. The Hall–Kier alpha value is -0.690. The Morgan fingerprint density at radius 2 is 1.91 bits per heavy atom. The zero-order valence-corrected chi connectivity index (χ0v) is 4.94. The predicted octanol–water partition coefficient (Wildman–Crippen LogP) is 0.745. The van der Waals surface area contributed by atoms with Crippen molar-refractivity contribution in [3.05, 3.63) is 0 Å². The van der Waals surface area contributed by atoms with Gasteiger partial charge in [-0.15, -0.1) is 0 Å². The van der Waals surface area contributed by atoms with E-state index < -0.39 is 24.8 Å². The van der Waals surface area contributed by atoms with Crippen LogP contribution >= 0.6 is 0 Å². The second-order valence-corrected chi connectivity index (χ2v) is 1.84. The third-order valence-electron chi connectivity index (χ3n) is 0.941. The molecule has 0 aromatic rings. The van der Waals surface area contributed by atoms with Crippen molar-refractivity contribution in [2.24, 2.45) is 0 Å². The molecular formula is C4H2F4O3. The van der Waals surface area contributed by atoms with E-state index in [9.17, 15) is 22.4 Å². The van der Waals surface area contributed by atoms with Gasteiger partial charge in [0, 0.05) is 0 Å². The Bertz CT molecular complexity index is 194. The van der Waals surface area contributed by atoms with Crippen molar-refractivity contribution < 1.29 is 31.8 Å². The molecule has 1 rings (SSSR count). The molecule has 0 saturated carbocycles. The summed E-state index contributed by atoms with van der Waals surface area (Å²) in [5.74, 6) is 0. The van der Waals surface area contributed by atoms with Gasteiger partial charge in [0.1, 0.15) is 6.61 Å². The van der Waals surface area contributed by atoms with Crippen molar-refractivity contribution in [1.82, 2.24) is 0 Å².